The molecule has 0 bridgehead atoms. The summed E-state index contributed by atoms with van der Waals surface area (Å²) in [6, 6.07) is 7.80. The van der Waals surface area contributed by atoms with Crippen LogP contribution in [-0.2, 0) is 17.6 Å². The van der Waals surface area contributed by atoms with Gasteiger partial charge in [0.25, 0.3) is 0 Å². The van der Waals surface area contributed by atoms with Crippen molar-refractivity contribution >= 4 is 17.4 Å². The molecule has 0 spiro atoms. The first-order chi connectivity index (χ1) is 9.58. The van der Waals surface area contributed by atoms with E-state index in [1.165, 1.54) is 19.2 Å². The van der Waals surface area contributed by atoms with Gasteiger partial charge >= 0.3 is 0 Å². The Morgan fingerprint density at radius 3 is 2.55 bits per heavy atom. The molecule has 0 amide bonds. The third-order valence-corrected chi connectivity index (χ3v) is 3.08. The van der Waals surface area contributed by atoms with E-state index in [0.29, 0.717) is 11.4 Å². The number of ether oxygens (including phenoxy) is 1. The van der Waals surface area contributed by atoms with E-state index in [4.69, 9.17) is 16.3 Å². The van der Waals surface area contributed by atoms with Crippen LogP contribution in [0.5, 0.6) is 5.88 Å². The lowest BCUT2D eigenvalue weighted by Crippen LogP contribution is -2.07. The summed E-state index contributed by atoms with van der Waals surface area (Å²) in [5.74, 6) is 0.0355. The van der Waals surface area contributed by atoms with Crippen molar-refractivity contribution in [2.75, 3.05) is 7.11 Å². The zero-order valence-electron chi connectivity index (χ0n) is 10.9. The van der Waals surface area contributed by atoms with Crippen LogP contribution in [0.1, 0.15) is 11.1 Å². The number of hydrogen-bond donors (Lipinski definition) is 0. The Bertz CT molecular complexity index is 614. The first-order valence-electron chi connectivity index (χ1n) is 6.03. The lowest BCUT2D eigenvalue weighted by Gasteiger charge is -2.04. The van der Waals surface area contributed by atoms with Gasteiger partial charge < -0.3 is 4.74 Å². The Morgan fingerprint density at radius 2 is 1.95 bits per heavy atom. The van der Waals surface area contributed by atoms with E-state index in [1.54, 1.807) is 24.4 Å². The predicted molar refractivity (Wildman–Crippen MR) is 74.6 cm³/mol. The molecule has 20 heavy (non-hydrogen) atoms. The van der Waals surface area contributed by atoms with Crippen molar-refractivity contribution in [3.63, 3.8) is 0 Å². The number of ketones is 1. The average Bonchev–Trinajstić information content (AvgIpc) is 2.44. The fourth-order valence-corrected chi connectivity index (χ4v) is 2.01. The minimum Gasteiger partial charge on any atom is -0.481 e. The number of rotatable bonds is 5. The van der Waals surface area contributed by atoms with Gasteiger partial charge in [-0.1, -0.05) is 23.7 Å². The maximum atomic E-state index is 13.0. The third kappa shape index (κ3) is 3.78. The van der Waals surface area contributed by atoms with Gasteiger partial charge in [0.1, 0.15) is 11.6 Å². The van der Waals surface area contributed by atoms with Gasteiger partial charge in [-0.2, -0.15) is 0 Å². The van der Waals surface area contributed by atoms with E-state index in [-0.39, 0.29) is 23.6 Å². The lowest BCUT2D eigenvalue weighted by molar-refractivity contribution is -0.117. The Balaban J connectivity index is 1.99. The van der Waals surface area contributed by atoms with Gasteiger partial charge in [0.15, 0.2) is 0 Å². The van der Waals surface area contributed by atoms with E-state index in [9.17, 15) is 9.18 Å². The van der Waals surface area contributed by atoms with Crippen molar-refractivity contribution in [3.05, 3.63) is 58.5 Å². The lowest BCUT2D eigenvalue weighted by atomic mass is 10.0. The van der Waals surface area contributed by atoms with Crippen molar-refractivity contribution in [1.82, 2.24) is 4.98 Å². The molecule has 1 heterocycles. The summed E-state index contributed by atoms with van der Waals surface area (Å²) >= 11 is 5.68. The van der Waals surface area contributed by atoms with Gasteiger partial charge in [0.2, 0.25) is 5.88 Å². The van der Waals surface area contributed by atoms with Crippen LogP contribution in [0, 0.1) is 5.82 Å². The second-order valence-electron chi connectivity index (χ2n) is 4.35. The number of carbonyl (C=O) groups excluding carboxylic acids is 1. The fraction of sp³-hybridized carbons (Fsp3) is 0.200. The summed E-state index contributed by atoms with van der Waals surface area (Å²) in [4.78, 5) is 16.0. The van der Waals surface area contributed by atoms with Gasteiger partial charge in [-0.3, -0.25) is 4.79 Å². The SMILES string of the molecule is COc1ccc(CC(=O)Cc2ccc(F)c(Cl)c2)cn1. The molecule has 3 nitrogen and oxygen atoms in total. The van der Waals surface area contributed by atoms with E-state index >= 15 is 0 Å². The molecule has 1 aromatic carbocycles. The molecule has 0 aliphatic heterocycles. The third-order valence-electron chi connectivity index (χ3n) is 2.79. The molecule has 5 heteroatoms. The monoisotopic (exact) mass is 293 g/mol. The number of Topliss-reactive ketones (excluding diaryl/α,β-unsaturated/α-hetero) is 1. The Morgan fingerprint density at radius 1 is 1.25 bits per heavy atom. The highest BCUT2D eigenvalue weighted by molar-refractivity contribution is 6.30. The molecule has 1 aromatic heterocycles. The van der Waals surface area contributed by atoms with Crippen LogP contribution in [0.3, 0.4) is 0 Å². The number of methoxy groups -OCH3 is 1. The summed E-state index contributed by atoms with van der Waals surface area (Å²) in [7, 11) is 1.53. The number of benzene rings is 1. The topological polar surface area (TPSA) is 39.2 Å². The molecule has 0 unspecified atom stereocenters. The predicted octanol–water partition coefficient (Wildman–Crippen LogP) is 3.24. The second-order valence-corrected chi connectivity index (χ2v) is 4.76. The molecule has 104 valence electrons. The van der Waals surface area contributed by atoms with Crippen LogP contribution < -0.4 is 4.74 Å². The smallest absolute Gasteiger partial charge is 0.212 e. The Hall–Kier alpha value is -1.94. The fourth-order valence-electron chi connectivity index (χ4n) is 1.80. The molecule has 0 atom stereocenters. The van der Waals surface area contributed by atoms with E-state index in [1.807, 2.05) is 0 Å². The number of carbonyl (C=O) groups is 1. The van der Waals surface area contributed by atoms with Gasteiger partial charge in [0.05, 0.1) is 12.1 Å². The number of pyridine rings is 1. The summed E-state index contributed by atoms with van der Waals surface area (Å²) in [5.41, 5.74) is 1.51. The zero-order chi connectivity index (χ0) is 14.5. The van der Waals surface area contributed by atoms with Gasteiger partial charge in [-0.15, -0.1) is 0 Å². The van der Waals surface area contributed by atoms with Crippen molar-refractivity contribution in [3.8, 4) is 5.88 Å². The highest BCUT2D eigenvalue weighted by atomic mass is 35.5. The van der Waals surface area contributed by atoms with Crippen molar-refractivity contribution in [1.29, 1.82) is 0 Å². The van der Waals surface area contributed by atoms with Crippen molar-refractivity contribution in [2.24, 2.45) is 0 Å². The minimum absolute atomic E-state index is 0.0136. The highest BCUT2D eigenvalue weighted by Gasteiger charge is 2.08. The summed E-state index contributed by atoms with van der Waals surface area (Å²) in [6.45, 7) is 0. The average molecular weight is 294 g/mol. The molecule has 0 radical (unpaired) electrons. The zero-order valence-corrected chi connectivity index (χ0v) is 11.7. The molecule has 2 rings (SSSR count). The number of hydrogen-bond acceptors (Lipinski definition) is 3. The molecular weight excluding hydrogens is 281 g/mol. The first-order valence-corrected chi connectivity index (χ1v) is 6.41. The number of nitrogens with zero attached hydrogens (tertiary/aromatic N) is 1. The molecule has 0 N–H and O–H groups in total. The quantitative estimate of drug-likeness (QED) is 0.849. The summed E-state index contributed by atoms with van der Waals surface area (Å²) in [5, 5.41) is 0.0291. The molecule has 2 aromatic rings. The van der Waals surface area contributed by atoms with Crippen molar-refractivity contribution < 1.29 is 13.9 Å². The summed E-state index contributed by atoms with van der Waals surface area (Å²) in [6.07, 6.45) is 2.09. The molecule has 0 aliphatic carbocycles. The van der Waals surface area contributed by atoms with Gasteiger partial charge in [-0.25, -0.2) is 9.37 Å². The largest absolute Gasteiger partial charge is 0.481 e. The molecule has 0 saturated carbocycles. The Labute approximate surface area is 121 Å². The number of aromatic nitrogens is 1. The normalized spacial score (nSPS) is 10.3. The van der Waals surface area contributed by atoms with E-state index in [0.717, 1.165) is 5.56 Å². The standard InChI is InChI=1S/C15H13ClFNO2/c1-20-15-5-3-11(9-18-15)7-12(19)6-10-2-4-14(17)13(16)8-10/h2-5,8-9H,6-7H2,1H3. The first kappa shape index (κ1) is 14.5. The van der Waals surface area contributed by atoms with Crippen LogP contribution in [0.25, 0.3) is 0 Å². The van der Waals surface area contributed by atoms with Gasteiger partial charge in [0, 0.05) is 25.1 Å². The van der Waals surface area contributed by atoms with Crippen molar-refractivity contribution in [2.45, 2.75) is 12.8 Å². The molecule has 0 aliphatic rings. The Kier molecular flexibility index (Phi) is 4.69. The maximum Gasteiger partial charge on any atom is 0.212 e. The van der Waals surface area contributed by atoms with Gasteiger partial charge in [-0.05, 0) is 23.3 Å². The van der Waals surface area contributed by atoms with E-state index in [2.05, 4.69) is 4.98 Å². The number of halogens is 2. The van der Waals surface area contributed by atoms with Crippen LogP contribution in [0.4, 0.5) is 4.39 Å². The molecule has 0 saturated heterocycles. The minimum atomic E-state index is -0.484. The highest BCUT2D eigenvalue weighted by Crippen LogP contribution is 2.17. The van der Waals surface area contributed by atoms with Crippen LogP contribution in [0.2, 0.25) is 5.02 Å². The molecule has 0 fully saturated rings. The molecular formula is C15H13ClFNO2. The second kappa shape index (κ2) is 6.48. The van der Waals surface area contributed by atoms with Crippen LogP contribution in [0.15, 0.2) is 36.5 Å². The summed E-state index contributed by atoms with van der Waals surface area (Å²) < 4.78 is 18.0. The van der Waals surface area contributed by atoms with Crippen LogP contribution in [-0.4, -0.2) is 17.9 Å². The van der Waals surface area contributed by atoms with Crippen LogP contribution >= 0.6 is 11.6 Å². The van der Waals surface area contributed by atoms with E-state index < -0.39 is 5.82 Å². The maximum absolute atomic E-state index is 13.0.